The fourth-order valence-electron chi connectivity index (χ4n) is 2.80. The lowest BCUT2D eigenvalue weighted by Crippen LogP contribution is -2.34. The second-order valence-corrected chi connectivity index (χ2v) is 6.77. The molecule has 0 saturated heterocycles. The van der Waals surface area contributed by atoms with Crippen molar-refractivity contribution in [2.24, 2.45) is 0 Å². The van der Waals surface area contributed by atoms with E-state index >= 15 is 0 Å². The number of aromatic nitrogens is 1. The van der Waals surface area contributed by atoms with Gasteiger partial charge in [0.25, 0.3) is 5.91 Å². The average Bonchev–Trinajstić information content (AvgIpc) is 3.15. The van der Waals surface area contributed by atoms with E-state index < -0.39 is 0 Å². The van der Waals surface area contributed by atoms with Gasteiger partial charge in [-0.05, 0) is 44.4 Å². The van der Waals surface area contributed by atoms with Crippen LogP contribution in [0.4, 0.5) is 0 Å². The molecule has 0 radical (unpaired) electrons. The van der Waals surface area contributed by atoms with E-state index in [-0.39, 0.29) is 5.91 Å². The molecule has 0 aliphatic carbocycles. The predicted octanol–water partition coefficient (Wildman–Crippen LogP) is 3.29. The Kier molecular flexibility index (Phi) is 6.42. The van der Waals surface area contributed by atoms with Gasteiger partial charge in [-0.2, -0.15) is 0 Å². The van der Waals surface area contributed by atoms with Gasteiger partial charge in [0.05, 0.1) is 12.1 Å². The number of aryl methyl sites for hydroxylation is 1. The molecule has 4 nitrogen and oxygen atoms in total. The van der Waals surface area contributed by atoms with Crippen molar-refractivity contribution in [1.82, 2.24) is 14.8 Å². The fourth-order valence-corrected chi connectivity index (χ4v) is 3.49. The Labute approximate surface area is 143 Å². The smallest absolute Gasteiger partial charge is 0.253 e. The maximum absolute atomic E-state index is 12.5. The molecule has 126 valence electrons. The van der Waals surface area contributed by atoms with Crippen LogP contribution in [0.15, 0.2) is 23.6 Å². The summed E-state index contributed by atoms with van der Waals surface area (Å²) in [7, 11) is 0. The minimum atomic E-state index is 0.0303. The van der Waals surface area contributed by atoms with Gasteiger partial charge in [-0.3, -0.25) is 4.79 Å². The molecule has 0 unspecified atom stereocenters. The number of nitrogens with one attached hydrogen (secondary N) is 1. The highest BCUT2D eigenvalue weighted by Gasteiger charge is 2.16. The van der Waals surface area contributed by atoms with E-state index in [2.05, 4.69) is 53.1 Å². The molecule has 0 spiro atoms. The Bertz CT molecular complexity index is 627. The second kappa shape index (κ2) is 8.31. The Hall–Kier alpha value is -1.59. The van der Waals surface area contributed by atoms with Crippen molar-refractivity contribution < 1.29 is 4.79 Å². The molecule has 1 amide bonds. The lowest BCUT2D eigenvalue weighted by atomic mass is 10.2. The molecule has 5 heteroatoms. The van der Waals surface area contributed by atoms with Crippen LogP contribution in [0.2, 0.25) is 0 Å². The molecule has 2 aromatic heterocycles. The SMILES string of the molecule is CCN(CC)CCNC(=O)c1cc(C)n(Cc2cccs2)c1C. The molecular formula is C18H27N3OS. The lowest BCUT2D eigenvalue weighted by Gasteiger charge is -2.18. The third kappa shape index (κ3) is 4.45. The normalized spacial score (nSPS) is 11.2. The van der Waals surface area contributed by atoms with Crippen molar-refractivity contribution >= 4 is 17.2 Å². The molecule has 0 aliphatic rings. The topological polar surface area (TPSA) is 37.3 Å². The molecule has 2 aromatic rings. The molecule has 0 fully saturated rings. The molecule has 1 N–H and O–H groups in total. The summed E-state index contributed by atoms with van der Waals surface area (Å²) in [6.45, 7) is 12.8. The molecule has 0 aromatic carbocycles. The van der Waals surface area contributed by atoms with Crippen LogP contribution < -0.4 is 5.32 Å². The first-order chi connectivity index (χ1) is 11.1. The molecule has 0 bridgehead atoms. The zero-order valence-electron chi connectivity index (χ0n) is 14.6. The van der Waals surface area contributed by atoms with Crippen LogP contribution in [0.1, 0.15) is 40.5 Å². The highest BCUT2D eigenvalue weighted by molar-refractivity contribution is 7.09. The van der Waals surface area contributed by atoms with Gasteiger partial charge >= 0.3 is 0 Å². The van der Waals surface area contributed by atoms with Crippen molar-refractivity contribution in [3.8, 4) is 0 Å². The first kappa shape index (κ1) is 17.8. The summed E-state index contributed by atoms with van der Waals surface area (Å²) in [6.07, 6.45) is 0. The maximum atomic E-state index is 12.5. The first-order valence-electron chi connectivity index (χ1n) is 8.26. The van der Waals surface area contributed by atoms with Crippen molar-refractivity contribution in [2.75, 3.05) is 26.2 Å². The Morgan fingerprint density at radius 2 is 2.04 bits per heavy atom. The molecule has 23 heavy (non-hydrogen) atoms. The number of hydrogen-bond donors (Lipinski definition) is 1. The first-order valence-corrected chi connectivity index (χ1v) is 9.14. The standard InChI is InChI=1S/C18H27N3OS/c1-5-20(6-2)10-9-19-18(22)17-12-14(3)21(15(17)4)13-16-8-7-11-23-16/h7-8,11-12H,5-6,9-10,13H2,1-4H3,(H,19,22). The number of rotatable bonds is 8. The van der Waals surface area contributed by atoms with Gasteiger partial charge in [-0.15, -0.1) is 11.3 Å². The fraction of sp³-hybridized carbons (Fsp3) is 0.500. The average molecular weight is 334 g/mol. The molecule has 2 rings (SSSR count). The van der Waals surface area contributed by atoms with Gasteiger partial charge in [0.15, 0.2) is 0 Å². The van der Waals surface area contributed by atoms with Crippen LogP contribution in [-0.2, 0) is 6.54 Å². The number of nitrogens with zero attached hydrogens (tertiary/aromatic N) is 2. The van der Waals surface area contributed by atoms with E-state index in [0.717, 1.165) is 43.1 Å². The van der Waals surface area contributed by atoms with Gasteiger partial charge in [-0.25, -0.2) is 0 Å². The molecule has 0 atom stereocenters. The van der Waals surface area contributed by atoms with Gasteiger partial charge in [0, 0.05) is 29.4 Å². The molecule has 2 heterocycles. The summed E-state index contributed by atoms with van der Waals surface area (Å²) in [6, 6.07) is 6.19. The van der Waals surface area contributed by atoms with Crippen LogP contribution in [-0.4, -0.2) is 41.6 Å². The third-order valence-corrected chi connectivity index (χ3v) is 5.18. The molecule has 0 saturated carbocycles. The molecule has 0 aliphatic heterocycles. The van der Waals surface area contributed by atoms with Gasteiger partial charge in [0.2, 0.25) is 0 Å². The van der Waals surface area contributed by atoms with Crippen LogP contribution in [0.5, 0.6) is 0 Å². The predicted molar refractivity (Wildman–Crippen MR) is 97.4 cm³/mol. The highest BCUT2D eigenvalue weighted by atomic mass is 32.1. The summed E-state index contributed by atoms with van der Waals surface area (Å²) >= 11 is 1.75. The number of carbonyl (C=O) groups excluding carboxylic acids is 1. The van der Waals surface area contributed by atoms with Crippen molar-refractivity contribution in [3.05, 3.63) is 45.4 Å². The van der Waals surface area contributed by atoms with Gasteiger partial charge in [0.1, 0.15) is 0 Å². The van der Waals surface area contributed by atoms with E-state index in [1.807, 2.05) is 13.0 Å². The summed E-state index contributed by atoms with van der Waals surface area (Å²) in [4.78, 5) is 16.1. The zero-order chi connectivity index (χ0) is 16.8. The van der Waals surface area contributed by atoms with Gasteiger partial charge in [-0.1, -0.05) is 19.9 Å². The van der Waals surface area contributed by atoms with Crippen molar-refractivity contribution in [2.45, 2.75) is 34.2 Å². The summed E-state index contributed by atoms with van der Waals surface area (Å²) in [5.74, 6) is 0.0303. The van der Waals surface area contributed by atoms with E-state index in [1.165, 1.54) is 4.88 Å². The zero-order valence-corrected chi connectivity index (χ0v) is 15.4. The summed E-state index contributed by atoms with van der Waals surface area (Å²) in [5.41, 5.74) is 2.96. The van der Waals surface area contributed by atoms with Crippen LogP contribution in [0.3, 0.4) is 0 Å². The number of hydrogen-bond acceptors (Lipinski definition) is 3. The van der Waals surface area contributed by atoms with E-state index in [4.69, 9.17) is 0 Å². The van der Waals surface area contributed by atoms with E-state index in [0.29, 0.717) is 6.54 Å². The van der Waals surface area contributed by atoms with Crippen LogP contribution in [0.25, 0.3) is 0 Å². The Balaban J connectivity index is 2.01. The van der Waals surface area contributed by atoms with Crippen LogP contribution >= 0.6 is 11.3 Å². The highest BCUT2D eigenvalue weighted by Crippen LogP contribution is 2.19. The van der Waals surface area contributed by atoms with Crippen molar-refractivity contribution in [1.29, 1.82) is 0 Å². The summed E-state index contributed by atoms with van der Waals surface area (Å²) in [5, 5.41) is 5.13. The number of likely N-dealkylation sites (N-methyl/N-ethyl adjacent to an activating group) is 1. The Morgan fingerprint density at radius 3 is 2.65 bits per heavy atom. The maximum Gasteiger partial charge on any atom is 0.253 e. The van der Waals surface area contributed by atoms with E-state index in [9.17, 15) is 4.79 Å². The minimum absolute atomic E-state index is 0.0303. The third-order valence-electron chi connectivity index (χ3n) is 4.32. The number of amides is 1. The van der Waals surface area contributed by atoms with Crippen molar-refractivity contribution in [3.63, 3.8) is 0 Å². The number of thiophene rings is 1. The largest absolute Gasteiger partial charge is 0.351 e. The van der Waals surface area contributed by atoms with Crippen LogP contribution in [0, 0.1) is 13.8 Å². The molecular weight excluding hydrogens is 306 g/mol. The quantitative estimate of drug-likeness (QED) is 0.805. The summed E-state index contributed by atoms with van der Waals surface area (Å²) < 4.78 is 2.21. The van der Waals surface area contributed by atoms with Gasteiger partial charge < -0.3 is 14.8 Å². The minimum Gasteiger partial charge on any atom is -0.351 e. The second-order valence-electron chi connectivity index (χ2n) is 5.73. The Morgan fingerprint density at radius 1 is 1.30 bits per heavy atom. The number of carbonyl (C=O) groups is 1. The van der Waals surface area contributed by atoms with E-state index in [1.54, 1.807) is 11.3 Å². The monoisotopic (exact) mass is 333 g/mol. The lowest BCUT2D eigenvalue weighted by molar-refractivity contribution is 0.0948.